The van der Waals surface area contributed by atoms with E-state index < -0.39 is 5.97 Å². The van der Waals surface area contributed by atoms with Crippen molar-refractivity contribution >= 4 is 16.9 Å². The summed E-state index contributed by atoms with van der Waals surface area (Å²) in [5.41, 5.74) is 4.68. The number of methoxy groups -OCH3 is 1. The Morgan fingerprint density at radius 1 is 1.19 bits per heavy atom. The number of rotatable bonds is 4. The van der Waals surface area contributed by atoms with Crippen LogP contribution in [0.4, 0.5) is 0 Å². The Morgan fingerprint density at radius 2 is 1.93 bits per heavy atom. The van der Waals surface area contributed by atoms with E-state index in [1.54, 1.807) is 7.11 Å². The number of aryl methyl sites for hydroxylation is 2. The van der Waals surface area contributed by atoms with Crippen LogP contribution in [0.15, 0.2) is 30.3 Å². The molecular formula is C21H19NO5. The van der Waals surface area contributed by atoms with Crippen molar-refractivity contribution in [2.45, 2.75) is 20.3 Å². The summed E-state index contributed by atoms with van der Waals surface area (Å²) in [7, 11) is 1.59. The lowest BCUT2D eigenvalue weighted by Crippen LogP contribution is -2.07. The second-order valence-electron chi connectivity index (χ2n) is 6.56. The van der Waals surface area contributed by atoms with Crippen molar-refractivity contribution in [2.75, 3.05) is 13.9 Å². The zero-order valence-electron chi connectivity index (χ0n) is 15.3. The summed E-state index contributed by atoms with van der Waals surface area (Å²) in [6, 6.07) is 9.48. The molecule has 0 fully saturated rings. The molecule has 0 radical (unpaired) electrons. The highest BCUT2D eigenvalue weighted by molar-refractivity contribution is 5.92. The van der Waals surface area contributed by atoms with Crippen molar-refractivity contribution in [3.63, 3.8) is 0 Å². The van der Waals surface area contributed by atoms with Gasteiger partial charge in [-0.05, 0) is 43.2 Å². The maximum absolute atomic E-state index is 11.5. The summed E-state index contributed by atoms with van der Waals surface area (Å²) in [6.07, 6.45) is -0.129. The highest BCUT2D eigenvalue weighted by atomic mass is 16.7. The predicted molar refractivity (Wildman–Crippen MR) is 101 cm³/mol. The molecule has 27 heavy (non-hydrogen) atoms. The molecule has 6 heteroatoms. The van der Waals surface area contributed by atoms with Gasteiger partial charge in [-0.2, -0.15) is 0 Å². The fraction of sp³-hybridized carbons (Fsp3) is 0.238. The number of benzene rings is 2. The Labute approximate surface area is 156 Å². The smallest absolute Gasteiger partial charge is 0.307 e. The number of carboxylic acids is 1. The number of fused-ring (bicyclic) bond motifs is 2. The zero-order valence-corrected chi connectivity index (χ0v) is 15.3. The van der Waals surface area contributed by atoms with Gasteiger partial charge in [0, 0.05) is 17.0 Å². The van der Waals surface area contributed by atoms with Crippen LogP contribution >= 0.6 is 0 Å². The van der Waals surface area contributed by atoms with E-state index in [0.717, 1.165) is 27.6 Å². The summed E-state index contributed by atoms with van der Waals surface area (Å²) in [5, 5.41) is 10.3. The SMILES string of the molecule is COc1ccc(C)cc1-c1nc2cc3c(cc2c(C)c1CC(=O)O)OCO3. The number of hydrogen-bond acceptors (Lipinski definition) is 5. The third kappa shape index (κ3) is 2.93. The molecule has 2 aromatic carbocycles. The maximum Gasteiger partial charge on any atom is 0.307 e. The van der Waals surface area contributed by atoms with Crippen LogP contribution in [0.25, 0.3) is 22.2 Å². The lowest BCUT2D eigenvalue weighted by atomic mass is 9.94. The molecule has 0 spiro atoms. The Morgan fingerprint density at radius 3 is 2.63 bits per heavy atom. The zero-order chi connectivity index (χ0) is 19.1. The molecule has 0 unspecified atom stereocenters. The summed E-state index contributed by atoms with van der Waals surface area (Å²) < 4.78 is 16.4. The van der Waals surface area contributed by atoms with Gasteiger partial charge in [-0.3, -0.25) is 4.79 Å². The molecule has 3 aromatic rings. The van der Waals surface area contributed by atoms with Crippen LogP contribution in [0, 0.1) is 13.8 Å². The van der Waals surface area contributed by atoms with Crippen LogP contribution in [0.2, 0.25) is 0 Å². The highest BCUT2D eigenvalue weighted by Gasteiger charge is 2.22. The molecule has 0 bridgehead atoms. The quantitative estimate of drug-likeness (QED) is 0.756. The van der Waals surface area contributed by atoms with Gasteiger partial charge in [0.1, 0.15) is 5.75 Å². The summed E-state index contributed by atoms with van der Waals surface area (Å²) in [6.45, 7) is 4.06. The van der Waals surface area contributed by atoms with Crippen molar-refractivity contribution in [1.29, 1.82) is 0 Å². The number of ether oxygens (including phenoxy) is 3. The normalized spacial score (nSPS) is 12.4. The Bertz CT molecular complexity index is 1070. The highest BCUT2D eigenvalue weighted by Crippen LogP contribution is 2.40. The van der Waals surface area contributed by atoms with Gasteiger partial charge in [0.2, 0.25) is 6.79 Å². The molecule has 0 atom stereocenters. The van der Waals surface area contributed by atoms with E-state index in [1.807, 2.05) is 44.2 Å². The fourth-order valence-corrected chi connectivity index (χ4v) is 3.45. The lowest BCUT2D eigenvalue weighted by Gasteiger charge is -2.17. The van der Waals surface area contributed by atoms with Crippen molar-refractivity contribution in [1.82, 2.24) is 4.98 Å². The van der Waals surface area contributed by atoms with E-state index in [1.165, 1.54) is 0 Å². The van der Waals surface area contributed by atoms with Gasteiger partial charge in [0.15, 0.2) is 11.5 Å². The number of hydrogen-bond donors (Lipinski definition) is 1. The van der Waals surface area contributed by atoms with Crippen molar-refractivity contribution in [2.24, 2.45) is 0 Å². The van der Waals surface area contributed by atoms with Gasteiger partial charge in [0.25, 0.3) is 0 Å². The van der Waals surface area contributed by atoms with Gasteiger partial charge in [-0.15, -0.1) is 0 Å². The minimum Gasteiger partial charge on any atom is -0.496 e. The standard InChI is InChI=1S/C21H19NO5/c1-11-4-5-17(25-3)15(6-11)21-14(8-20(23)24)12(2)13-7-18-19(27-10-26-18)9-16(13)22-21/h4-7,9H,8,10H2,1-3H3,(H,23,24). The van der Waals surface area contributed by atoms with E-state index in [4.69, 9.17) is 19.2 Å². The fourth-order valence-electron chi connectivity index (χ4n) is 3.45. The van der Waals surface area contributed by atoms with Gasteiger partial charge in [0.05, 0.1) is 24.7 Å². The molecule has 0 amide bonds. The first-order chi connectivity index (χ1) is 13.0. The first-order valence-electron chi connectivity index (χ1n) is 8.57. The second kappa shape index (κ2) is 6.46. The second-order valence-corrected chi connectivity index (χ2v) is 6.56. The molecule has 1 N–H and O–H groups in total. The third-order valence-corrected chi connectivity index (χ3v) is 4.80. The Balaban J connectivity index is 2.05. The molecule has 2 heterocycles. The molecule has 0 saturated heterocycles. The number of aromatic nitrogens is 1. The van der Waals surface area contributed by atoms with Crippen LogP contribution in [0.5, 0.6) is 17.2 Å². The molecule has 1 aliphatic heterocycles. The molecule has 6 nitrogen and oxygen atoms in total. The lowest BCUT2D eigenvalue weighted by molar-refractivity contribution is -0.136. The molecule has 0 saturated carbocycles. The van der Waals surface area contributed by atoms with E-state index >= 15 is 0 Å². The largest absolute Gasteiger partial charge is 0.496 e. The summed E-state index contributed by atoms with van der Waals surface area (Å²) in [4.78, 5) is 16.4. The minimum atomic E-state index is -0.909. The van der Waals surface area contributed by atoms with E-state index in [2.05, 4.69) is 0 Å². The number of pyridine rings is 1. The third-order valence-electron chi connectivity index (χ3n) is 4.80. The van der Waals surface area contributed by atoms with Crippen LogP contribution in [0.1, 0.15) is 16.7 Å². The van der Waals surface area contributed by atoms with Crippen molar-refractivity contribution in [3.8, 4) is 28.5 Å². The van der Waals surface area contributed by atoms with Crippen LogP contribution in [-0.2, 0) is 11.2 Å². The maximum atomic E-state index is 11.5. The monoisotopic (exact) mass is 365 g/mol. The number of aliphatic carboxylic acids is 1. The van der Waals surface area contributed by atoms with Crippen LogP contribution in [0.3, 0.4) is 0 Å². The van der Waals surface area contributed by atoms with E-state index in [-0.39, 0.29) is 13.2 Å². The average Bonchev–Trinajstić information content (AvgIpc) is 3.09. The van der Waals surface area contributed by atoms with Gasteiger partial charge in [-0.25, -0.2) is 4.98 Å². The summed E-state index contributed by atoms with van der Waals surface area (Å²) in [5.74, 6) is 1.03. The van der Waals surface area contributed by atoms with Crippen LogP contribution < -0.4 is 14.2 Å². The topological polar surface area (TPSA) is 77.9 Å². The molecule has 4 rings (SSSR count). The Hall–Kier alpha value is -3.28. The number of carbonyl (C=O) groups is 1. The van der Waals surface area contributed by atoms with Gasteiger partial charge >= 0.3 is 5.97 Å². The van der Waals surface area contributed by atoms with E-state index in [0.29, 0.717) is 28.5 Å². The predicted octanol–water partition coefficient (Wildman–Crippen LogP) is 3.88. The van der Waals surface area contributed by atoms with Gasteiger partial charge in [-0.1, -0.05) is 11.6 Å². The minimum absolute atomic E-state index is 0.129. The molecule has 138 valence electrons. The van der Waals surface area contributed by atoms with Gasteiger partial charge < -0.3 is 19.3 Å². The molecule has 0 aliphatic carbocycles. The molecule has 1 aliphatic rings. The molecule has 1 aromatic heterocycles. The first-order valence-corrected chi connectivity index (χ1v) is 8.57. The van der Waals surface area contributed by atoms with E-state index in [9.17, 15) is 9.90 Å². The first kappa shape index (κ1) is 17.1. The molecular weight excluding hydrogens is 346 g/mol. The number of nitrogens with zero attached hydrogens (tertiary/aromatic N) is 1. The average molecular weight is 365 g/mol. The number of carboxylic acid groups (broad SMARTS) is 1. The van der Waals surface area contributed by atoms with Crippen molar-refractivity contribution < 1.29 is 24.1 Å². The van der Waals surface area contributed by atoms with Crippen LogP contribution in [-0.4, -0.2) is 30.0 Å². The Kier molecular flexibility index (Phi) is 4.11. The summed E-state index contributed by atoms with van der Waals surface area (Å²) >= 11 is 0. The van der Waals surface area contributed by atoms with Crippen molar-refractivity contribution in [3.05, 3.63) is 47.0 Å².